The van der Waals surface area contributed by atoms with Gasteiger partial charge < -0.3 is 30.8 Å². The number of pyridine rings is 1. The second kappa shape index (κ2) is 12.4. The van der Waals surface area contributed by atoms with Gasteiger partial charge in [-0.25, -0.2) is 19.7 Å². The topological polar surface area (TPSA) is 140 Å². The fraction of sp³-hybridized carbons (Fsp3) is 0.500. The molecule has 2 heterocycles. The number of carbonyl (C=O) groups excluding carboxylic acids is 1. The average Bonchev–Trinajstić information content (AvgIpc) is 3.32. The Balaban J connectivity index is 1.52. The number of nitrogens with one attached hydrogen (secondary N) is 2. The van der Waals surface area contributed by atoms with Crippen molar-refractivity contribution in [2.75, 3.05) is 42.7 Å². The second-order valence-corrected chi connectivity index (χ2v) is 7.69. The molecule has 11 heteroatoms. The number of rotatable bonds is 11. The molecule has 11 nitrogen and oxygen atoms in total. The van der Waals surface area contributed by atoms with Gasteiger partial charge >= 0.3 is 6.03 Å². The molecule has 178 valence electrons. The summed E-state index contributed by atoms with van der Waals surface area (Å²) < 4.78 is 5.85. The van der Waals surface area contributed by atoms with E-state index in [0.717, 1.165) is 25.8 Å². The lowest BCUT2D eigenvalue weighted by Gasteiger charge is -2.25. The molecular formula is C22H32N8O3. The van der Waals surface area contributed by atoms with Gasteiger partial charge in [0.2, 0.25) is 5.88 Å². The maximum absolute atomic E-state index is 12.3. The van der Waals surface area contributed by atoms with Crippen LogP contribution in [0.5, 0.6) is 5.88 Å². The van der Waals surface area contributed by atoms with Gasteiger partial charge in [-0.05, 0) is 38.2 Å². The highest BCUT2D eigenvalue weighted by Crippen LogP contribution is 2.23. The summed E-state index contributed by atoms with van der Waals surface area (Å²) in [6.45, 7) is 3.71. The number of urea groups is 1. The van der Waals surface area contributed by atoms with Crippen LogP contribution in [0.2, 0.25) is 0 Å². The Morgan fingerprint density at radius 2 is 2.09 bits per heavy atom. The quantitative estimate of drug-likeness (QED) is 0.346. The zero-order valence-electron chi connectivity index (χ0n) is 19.2. The van der Waals surface area contributed by atoms with Crippen LogP contribution in [-0.2, 0) is 4.84 Å². The molecule has 33 heavy (non-hydrogen) atoms. The summed E-state index contributed by atoms with van der Waals surface area (Å²) in [6, 6.07) is 3.24. The molecule has 0 aliphatic heterocycles. The van der Waals surface area contributed by atoms with E-state index in [2.05, 4.69) is 37.7 Å². The number of oxime groups is 1. The van der Waals surface area contributed by atoms with Gasteiger partial charge in [0.05, 0.1) is 23.7 Å². The van der Waals surface area contributed by atoms with Crippen molar-refractivity contribution in [3.63, 3.8) is 0 Å². The first-order valence-electron chi connectivity index (χ1n) is 11.2. The summed E-state index contributed by atoms with van der Waals surface area (Å²) >= 11 is 0. The molecule has 0 saturated heterocycles. The highest BCUT2D eigenvalue weighted by molar-refractivity contribution is 5.92. The van der Waals surface area contributed by atoms with Crippen LogP contribution in [0.4, 0.5) is 22.1 Å². The van der Waals surface area contributed by atoms with E-state index in [4.69, 9.17) is 15.3 Å². The van der Waals surface area contributed by atoms with Gasteiger partial charge in [-0.2, -0.15) is 0 Å². The van der Waals surface area contributed by atoms with E-state index < -0.39 is 0 Å². The first-order chi connectivity index (χ1) is 16.1. The molecule has 4 N–H and O–H groups in total. The zero-order chi connectivity index (χ0) is 23.5. The maximum Gasteiger partial charge on any atom is 0.319 e. The standard InChI is InChI=1S/C22H32N8O3/c1-3-11-30(21-18(14-28-32-2)20(23)26-15-27-21)12-10-24-22(31)29-16-8-9-19(25-13-16)33-17-6-4-5-7-17/h8-9,13-15,17H,3-7,10-12H2,1-2H3,(H2,23,26,27)(H2,24,29,31)/b28-14+. The fourth-order valence-electron chi connectivity index (χ4n) is 3.65. The summed E-state index contributed by atoms with van der Waals surface area (Å²) in [5.41, 5.74) is 7.16. The summed E-state index contributed by atoms with van der Waals surface area (Å²) in [4.78, 5) is 31.8. The molecule has 0 spiro atoms. The molecule has 3 rings (SSSR count). The van der Waals surface area contributed by atoms with Gasteiger partial charge in [0.25, 0.3) is 0 Å². The number of carbonyl (C=O) groups is 1. The van der Waals surface area contributed by atoms with E-state index in [-0.39, 0.29) is 12.1 Å². The lowest BCUT2D eigenvalue weighted by atomic mass is 10.2. The van der Waals surface area contributed by atoms with Crippen LogP contribution in [-0.4, -0.2) is 60.0 Å². The van der Waals surface area contributed by atoms with Crippen molar-refractivity contribution >= 4 is 29.6 Å². The highest BCUT2D eigenvalue weighted by atomic mass is 16.6. The summed E-state index contributed by atoms with van der Waals surface area (Å²) in [6.07, 6.45) is 10.2. The number of ether oxygens (including phenoxy) is 1. The number of hydrogen-bond acceptors (Lipinski definition) is 9. The molecule has 1 aliphatic carbocycles. The molecule has 1 aliphatic rings. The van der Waals surface area contributed by atoms with E-state index in [1.54, 1.807) is 18.3 Å². The van der Waals surface area contributed by atoms with Crippen LogP contribution >= 0.6 is 0 Å². The minimum Gasteiger partial charge on any atom is -0.474 e. The predicted molar refractivity (Wildman–Crippen MR) is 128 cm³/mol. The number of nitrogens with zero attached hydrogens (tertiary/aromatic N) is 5. The number of nitrogens with two attached hydrogens (primary N) is 1. The van der Waals surface area contributed by atoms with Crippen molar-refractivity contribution in [3.8, 4) is 5.88 Å². The number of aromatic nitrogens is 3. The Kier molecular flexibility index (Phi) is 9.04. The largest absolute Gasteiger partial charge is 0.474 e. The Morgan fingerprint density at radius 1 is 1.27 bits per heavy atom. The number of amides is 2. The first kappa shape index (κ1) is 24.0. The lowest BCUT2D eigenvalue weighted by molar-refractivity contribution is 0.201. The van der Waals surface area contributed by atoms with Gasteiger partial charge in [0, 0.05) is 25.7 Å². The van der Waals surface area contributed by atoms with Crippen molar-refractivity contribution in [1.82, 2.24) is 20.3 Å². The Hall–Kier alpha value is -3.63. The van der Waals surface area contributed by atoms with E-state index in [0.29, 0.717) is 41.9 Å². The van der Waals surface area contributed by atoms with Gasteiger partial charge in [-0.15, -0.1) is 0 Å². The van der Waals surface area contributed by atoms with E-state index in [1.807, 2.05) is 4.90 Å². The van der Waals surface area contributed by atoms with Gasteiger partial charge in [0.1, 0.15) is 31.2 Å². The van der Waals surface area contributed by atoms with Crippen LogP contribution < -0.4 is 26.0 Å². The van der Waals surface area contributed by atoms with Gasteiger partial charge in [-0.3, -0.25) is 0 Å². The third-order valence-corrected chi connectivity index (χ3v) is 5.23. The molecule has 0 atom stereocenters. The molecule has 0 unspecified atom stereocenters. The van der Waals surface area contributed by atoms with Crippen LogP contribution in [0, 0.1) is 0 Å². The van der Waals surface area contributed by atoms with E-state index >= 15 is 0 Å². The smallest absolute Gasteiger partial charge is 0.319 e. The van der Waals surface area contributed by atoms with E-state index in [9.17, 15) is 4.79 Å². The Labute approximate surface area is 193 Å². The maximum atomic E-state index is 12.3. The Bertz CT molecular complexity index is 916. The summed E-state index contributed by atoms with van der Waals surface area (Å²) in [7, 11) is 1.45. The normalized spacial score (nSPS) is 13.8. The van der Waals surface area contributed by atoms with Gasteiger partial charge in [0.15, 0.2) is 0 Å². The molecule has 2 aromatic heterocycles. The van der Waals surface area contributed by atoms with E-state index in [1.165, 1.54) is 32.5 Å². The SMILES string of the molecule is CCCN(CCNC(=O)Nc1ccc(OC2CCCC2)nc1)c1ncnc(N)c1/C=N/OC. The van der Waals surface area contributed by atoms with Crippen LogP contribution in [0.15, 0.2) is 29.8 Å². The molecule has 2 amide bonds. The van der Waals surface area contributed by atoms with Crippen molar-refractivity contribution in [2.24, 2.45) is 5.16 Å². The van der Waals surface area contributed by atoms with Gasteiger partial charge in [-0.1, -0.05) is 12.1 Å². The molecule has 2 aromatic rings. The number of nitrogen functional groups attached to an aromatic ring is 1. The number of hydrogen-bond donors (Lipinski definition) is 3. The Morgan fingerprint density at radius 3 is 2.79 bits per heavy atom. The predicted octanol–water partition coefficient (Wildman–Crippen LogP) is 2.79. The number of anilines is 3. The average molecular weight is 457 g/mol. The molecule has 0 bridgehead atoms. The molecule has 1 fully saturated rings. The molecule has 0 aromatic carbocycles. The highest BCUT2D eigenvalue weighted by Gasteiger charge is 2.17. The van der Waals surface area contributed by atoms with Crippen LogP contribution in [0.1, 0.15) is 44.6 Å². The third-order valence-electron chi connectivity index (χ3n) is 5.23. The van der Waals surface area contributed by atoms with Crippen LogP contribution in [0.3, 0.4) is 0 Å². The monoisotopic (exact) mass is 456 g/mol. The fourth-order valence-corrected chi connectivity index (χ4v) is 3.65. The summed E-state index contributed by atoms with van der Waals surface area (Å²) in [5, 5.41) is 9.43. The second-order valence-electron chi connectivity index (χ2n) is 7.69. The van der Waals surface area contributed by atoms with Crippen molar-refractivity contribution < 1.29 is 14.4 Å². The third kappa shape index (κ3) is 7.19. The minimum atomic E-state index is -0.318. The van der Waals surface area contributed by atoms with Crippen LogP contribution in [0.25, 0.3) is 0 Å². The van der Waals surface area contributed by atoms with Crippen molar-refractivity contribution in [2.45, 2.75) is 45.1 Å². The van der Waals surface area contributed by atoms with Crippen molar-refractivity contribution in [1.29, 1.82) is 0 Å². The first-order valence-corrected chi connectivity index (χ1v) is 11.2. The zero-order valence-corrected chi connectivity index (χ0v) is 19.2. The lowest BCUT2D eigenvalue weighted by Crippen LogP contribution is -2.38. The molecule has 0 radical (unpaired) electrons. The summed E-state index contributed by atoms with van der Waals surface area (Å²) in [5.74, 6) is 1.52. The van der Waals surface area contributed by atoms with Crippen molar-refractivity contribution in [3.05, 3.63) is 30.2 Å². The molecule has 1 saturated carbocycles. The minimum absolute atomic E-state index is 0.247. The molecular weight excluding hydrogens is 424 g/mol.